The van der Waals surface area contributed by atoms with Crippen molar-refractivity contribution in [3.8, 4) is 22.8 Å². The van der Waals surface area contributed by atoms with Crippen LogP contribution in [0.4, 0.5) is 10.5 Å². The first kappa shape index (κ1) is 24.1. The average molecular weight is 497 g/mol. The SMILES string of the molecule is COc1ccc(CNC(=O)n2nc(-c3ccc(NC(=O)c4ccccc4C)cc3O)cc2C2CC2)cc1. The second-order valence-electron chi connectivity index (χ2n) is 9.15. The van der Waals surface area contributed by atoms with Crippen molar-refractivity contribution in [2.24, 2.45) is 0 Å². The Kier molecular flexibility index (Phi) is 6.64. The third kappa shape index (κ3) is 5.33. The van der Waals surface area contributed by atoms with Gasteiger partial charge in [0.05, 0.1) is 18.5 Å². The van der Waals surface area contributed by atoms with Gasteiger partial charge in [-0.2, -0.15) is 9.78 Å². The predicted molar refractivity (Wildman–Crippen MR) is 141 cm³/mol. The summed E-state index contributed by atoms with van der Waals surface area (Å²) < 4.78 is 6.57. The van der Waals surface area contributed by atoms with E-state index in [4.69, 9.17) is 4.74 Å². The number of amides is 2. The number of rotatable bonds is 7. The molecule has 1 aliphatic carbocycles. The number of carbonyl (C=O) groups is 2. The van der Waals surface area contributed by atoms with Crippen molar-refractivity contribution < 1.29 is 19.4 Å². The van der Waals surface area contributed by atoms with Gasteiger partial charge in [0.1, 0.15) is 11.5 Å². The lowest BCUT2D eigenvalue weighted by Gasteiger charge is -2.09. The number of benzene rings is 3. The highest BCUT2D eigenvalue weighted by Gasteiger charge is 2.30. The van der Waals surface area contributed by atoms with Crippen molar-refractivity contribution >= 4 is 17.6 Å². The molecule has 2 amide bonds. The first-order chi connectivity index (χ1) is 17.9. The van der Waals surface area contributed by atoms with E-state index in [1.807, 2.05) is 55.5 Å². The number of nitrogens with one attached hydrogen (secondary N) is 2. The van der Waals surface area contributed by atoms with E-state index < -0.39 is 0 Å². The van der Waals surface area contributed by atoms with Crippen molar-refractivity contribution in [3.05, 3.63) is 95.2 Å². The van der Waals surface area contributed by atoms with Crippen molar-refractivity contribution in [2.75, 3.05) is 12.4 Å². The molecule has 0 aliphatic heterocycles. The fourth-order valence-corrected chi connectivity index (χ4v) is 4.21. The standard InChI is InChI=1S/C29H28N4O4/c1-18-5-3-4-6-23(18)28(35)31-21-11-14-24(27(34)15-21)25-16-26(20-9-10-20)33(32-25)29(36)30-17-19-7-12-22(37-2)13-8-19/h3-8,11-16,20,34H,9-10,17H2,1-2H3,(H,30,36)(H,31,35). The molecule has 0 unspecified atom stereocenters. The van der Waals surface area contributed by atoms with Crippen LogP contribution >= 0.6 is 0 Å². The van der Waals surface area contributed by atoms with E-state index in [1.54, 1.807) is 25.3 Å². The minimum Gasteiger partial charge on any atom is -0.507 e. The van der Waals surface area contributed by atoms with E-state index in [2.05, 4.69) is 15.7 Å². The summed E-state index contributed by atoms with van der Waals surface area (Å²) in [6, 6.07) is 21.2. The molecule has 1 fully saturated rings. The van der Waals surface area contributed by atoms with Crippen LogP contribution in [0.1, 0.15) is 45.9 Å². The van der Waals surface area contributed by atoms with E-state index in [9.17, 15) is 14.7 Å². The Bertz CT molecular complexity index is 1460. The maximum atomic E-state index is 13.0. The topological polar surface area (TPSA) is 105 Å². The molecule has 1 saturated carbocycles. The first-order valence-electron chi connectivity index (χ1n) is 12.1. The van der Waals surface area contributed by atoms with Crippen LogP contribution in [0.25, 0.3) is 11.3 Å². The number of carbonyl (C=O) groups excluding carboxylic acids is 2. The Morgan fingerprint density at radius 1 is 1.05 bits per heavy atom. The molecule has 4 aromatic rings. The lowest BCUT2D eigenvalue weighted by molar-refractivity contribution is 0.102. The van der Waals surface area contributed by atoms with Crippen molar-refractivity contribution in [1.82, 2.24) is 15.1 Å². The molecule has 1 heterocycles. The maximum absolute atomic E-state index is 13.0. The van der Waals surface area contributed by atoms with Gasteiger partial charge in [0.25, 0.3) is 5.91 Å². The van der Waals surface area contributed by atoms with E-state index >= 15 is 0 Å². The number of aryl methyl sites for hydroxylation is 1. The van der Waals surface area contributed by atoms with E-state index in [0.29, 0.717) is 29.1 Å². The molecule has 0 atom stereocenters. The largest absolute Gasteiger partial charge is 0.507 e. The number of aromatic hydroxyl groups is 1. The summed E-state index contributed by atoms with van der Waals surface area (Å²) in [6.45, 7) is 2.22. The third-order valence-corrected chi connectivity index (χ3v) is 6.45. The second kappa shape index (κ2) is 10.2. The molecule has 0 bridgehead atoms. The second-order valence-corrected chi connectivity index (χ2v) is 9.15. The Labute approximate surface area is 214 Å². The molecule has 0 spiro atoms. The molecule has 3 aromatic carbocycles. The normalized spacial score (nSPS) is 12.7. The number of hydrogen-bond donors (Lipinski definition) is 3. The maximum Gasteiger partial charge on any atom is 0.342 e. The highest BCUT2D eigenvalue weighted by Crippen LogP contribution is 2.42. The van der Waals surface area contributed by atoms with E-state index in [1.165, 1.54) is 10.7 Å². The summed E-state index contributed by atoms with van der Waals surface area (Å²) in [7, 11) is 1.61. The number of hydrogen-bond acceptors (Lipinski definition) is 5. The van der Waals surface area contributed by atoms with Crippen LogP contribution in [0.2, 0.25) is 0 Å². The lowest BCUT2D eigenvalue weighted by atomic mass is 10.1. The van der Waals surface area contributed by atoms with Crippen molar-refractivity contribution in [1.29, 1.82) is 0 Å². The third-order valence-electron chi connectivity index (χ3n) is 6.45. The fourth-order valence-electron chi connectivity index (χ4n) is 4.21. The van der Waals surface area contributed by atoms with Crippen LogP contribution in [0, 0.1) is 6.92 Å². The van der Waals surface area contributed by atoms with E-state index in [-0.39, 0.29) is 23.6 Å². The number of anilines is 1. The monoisotopic (exact) mass is 496 g/mol. The van der Waals surface area contributed by atoms with Gasteiger partial charge in [-0.15, -0.1) is 0 Å². The lowest BCUT2D eigenvalue weighted by Crippen LogP contribution is -2.30. The molecular weight excluding hydrogens is 468 g/mol. The fraction of sp³-hybridized carbons (Fsp3) is 0.207. The minimum atomic E-state index is -0.328. The number of phenols is 1. The molecule has 188 valence electrons. The molecule has 37 heavy (non-hydrogen) atoms. The molecule has 3 N–H and O–H groups in total. The first-order valence-corrected chi connectivity index (χ1v) is 12.1. The molecule has 8 nitrogen and oxygen atoms in total. The Morgan fingerprint density at radius 2 is 1.81 bits per heavy atom. The highest BCUT2D eigenvalue weighted by molar-refractivity contribution is 6.05. The smallest absolute Gasteiger partial charge is 0.342 e. The van der Waals surface area contributed by atoms with Gasteiger partial charge < -0.3 is 20.5 Å². The number of methoxy groups -OCH3 is 1. The van der Waals surface area contributed by atoms with Gasteiger partial charge in [-0.3, -0.25) is 4.79 Å². The molecule has 8 heteroatoms. The van der Waals surface area contributed by atoms with Crippen LogP contribution in [-0.2, 0) is 6.54 Å². The summed E-state index contributed by atoms with van der Waals surface area (Å²) in [4.78, 5) is 25.7. The van der Waals surface area contributed by atoms with Crippen LogP contribution in [0.15, 0.2) is 72.8 Å². The van der Waals surface area contributed by atoms with Gasteiger partial charge in [0, 0.05) is 35.3 Å². The molecule has 5 rings (SSSR count). The zero-order valence-corrected chi connectivity index (χ0v) is 20.7. The summed E-state index contributed by atoms with van der Waals surface area (Å²) in [6.07, 6.45) is 1.99. The molecular formula is C29H28N4O4. The van der Waals surface area contributed by atoms with Crippen molar-refractivity contribution in [3.63, 3.8) is 0 Å². The van der Waals surface area contributed by atoms with Gasteiger partial charge in [0.15, 0.2) is 0 Å². The number of phenolic OH excluding ortho intramolecular Hbond substituents is 1. The highest BCUT2D eigenvalue weighted by atomic mass is 16.5. The number of aromatic nitrogens is 2. The summed E-state index contributed by atoms with van der Waals surface area (Å²) >= 11 is 0. The summed E-state index contributed by atoms with van der Waals surface area (Å²) in [5, 5.41) is 21.0. The zero-order valence-electron chi connectivity index (χ0n) is 20.7. The summed E-state index contributed by atoms with van der Waals surface area (Å²) in [5.74, 6) is 0.735. The van der Waals surface area contributed by atoms with Crippen molar-refractivity contribution in [2.45, 2.75) is 32.2 Å². The Balaban J connectivity index is 1.33. The van der Waals surface area contributed by atoms with Gasteiger partial charge in [0.2, 0.25) is 0 Å². The molecule has 1 aliphatic rings. The number of nitrogens with zero attached hydrogens (tertiary/aromatic N) is 2. The molecule has 1 aromatic heterocycles. The van der Waals surface area contributed by atoms with Gasteiger partial charge in [-0.25, -0.2) is 4.79 Å². The van der Waals surface area contributed by atoms with Crippen LogP contribution in [0.3, 0.4) is 0 Å². The quantitative estimate of drug-likeness (QED) is 0.315. The van der Waals surface area contributed by atoms with Crippen LogP contribution < -0.4 is 15.4 Å². The zero-order chi connectivity index (χ0) is 25.9. The summed E-state index contributed by atoms with van der Waals surface area (Å²) in [5.41, 5.74) is 4.64. The van der Waals surface area contributed by atoms with E-state index in [0.717, 1.165) is 35.4 Å². The van der Waals surface area contributed by atoms with Gasteiger partial charge in [-0.1, -0.05) is 30.3 Å². The predicted octanol–water partition coefficient (Wildman–Crippen LogP) is 5.46. The minimum absolute atomic E-state index is 0.0341. The van der Waals surface area contributed by atoms with Gasteiger partial charge in [-0.05, 0) is 67.3 Å². The van der Waals surface area contributed by atoms with Gasteiger partial charge >= 0.3 is 6.03 Å². The van der Waals surface area contributed by atoms with Crippen LogP contribution in [0.5, 0.6) is 11.5 Å². The Morgan fingerprint density at radius 3 is 2.49 bits per heavy atom. The average Bonchev–Trinajstić information content (AvgIpc) is 3.66. The number of ether oxygens (including phenoxy) is 1. The van der Waals surface area contributed by atoms with Crippen LogP contribution in [-0.4, -0.2) is 33.9 Å². The Hall–Kier alpha value is -4.59. The molecule has 0 radical (unpaired) electrons. The molecule has 0 saturated heterocycles.